The number of nitrogens with zero attached hydrogens (tertiary/aromatic N) is 4. The fourth-order valence-electron chi connectivity index (χ4n) is 3.89. The van der Waals surface area contributed by atoms with Crippen molar-refractivity contribution in [3.05, 3.63) is 77.9 Å². The molecule has 148 valence electrons. The van der Waals surface area contributed by atoms with E-state index in [0.29, 0.717) is 12.4 Å². The normalized spacial score (nSPS) is 16.6. The first-order chi connectivity index (χ1) is 14.1. The van der Waals surface area contributed by atoms with E-state index in [2.05, 4.69) is 9.97 Å². The molecule has 1 aliphatic rings. The molecule has 5 nitrogen and oxygen atoms in total. The summed E-state index contributed by atoms with van der Waals surface area (Å²) >= 11 is 0. The monoisotopic (exact) mass is 390 g/mol. The maximum atomic E-state index is 13.2. The van der Waals surface area contributed by atoms with Crippen LogP contribution in [-0.2, 0) is 11.2 Å². The number of aryl methyl sites for hydroxylation is 1. The molecule has 0 bridgehead atoms. The number of rotatable bonds is 4. The highest BCUT2D eigenvalue weighted by Gasteiger charge is 2.31. The summed E-state index contributed by atoms with van der Waals surface area (Å²) in [7, 11) is 0. The van der Waals surface area contributed by atoms with Gasteiger partial charge in [0.25, 0.3) is 0 Å². The van der Waals surface area contributed by atoms with Crippen LogP contribution in [0.5, 0.6) is 0 Å². The highest BCUT2D eigenvalue weighted by atomic mass is 19.1. The minimum atomic E-state index is -0.296. The van der Waals surface area contributed by atoms with Crippen molar-refractivity contribution in [3.63, 3.8) is 0 Å². The second-order valence-electron chi connectivity index (χ2n) is 7.35. The van der Waals surface area contributed by atoms with Crippen molar-refractivity contribution in [3.8, 4) is 11.1 Å². The highest BCUT2D eigenvalue weighted by molar-refractivity contribution is 5.80. The van der Waals surface area contributed by atoms with E-state index in [9.17, 15) is 9.18 Å². The van der Waals surface area contributed by atoms with Gasteiger partial charge in [-0.15, -0.1) is 0 Å². The Balaban J connectivity index is 1.66. The zero-order valence-corrected chi connectivity index (χ0v) is 16.4. The topological polar surface area (TPSA) is 59.0 Å². The fourth-order valence-corrected chi connectivity index (χ4v) is 3.89. The number of amides is 1. The van der Waals surface area contributed by atoms with Gasteiger partial charge in [0.15, 0.2) is 0 Å². The third kappa shape index (κ3) is 4.31. The van der Waals surface area contributed by atoms with Gasteiger partial charge in [-0.25, -0.2) is 14.4 Å². The lowest BCUT2D eigenvalue weighted by Gasteiger charge is -2.36. The molecule has 1 fully saturated rings. The maximum absolute atomic E-state index is 13.2. The zero-order valence-electron chi connectivity index (χ0n) is 16.4. The molecule has 29 heavy (non-hydrogen) atoms. The predicted octanol–water partition coefficient (Wildman–Crippen LogP) is 4.28. The second-order valence-corrected chi connectivity index (χ2v) is 7.35. The molecule has 3 heterocycles. The Bertz CT molecular complexity index is 992. The molecule has 1 amide bonds. The van der Waals surface area contributed by atoms with E-state index in [1.807, 2.05) is 30.2 Å². The van der Waals surface area contributed by atoms with Gasteiger partial charge in [0.1, 0.15) is 11.6 Å². The van der Waals surface area contributed by atoms with E-state index in [0.717, 1.165) is 41.6 Å². The molecule has 0 spiro atoms. The summed E-state index contributed by atoms with van der Waals surface area (Å²) in [5.74, 6) is 0.433. The number of carbonyl (C=O) groups is 1. The molecule has 1 atom stereocenters. The number of pyridine rings is 1. The number of likely N-dealkylation sites (tertiary alicyclic amines) is 1. The average molecular weight is 390 g/mol. The van der Waals surface area contributed by atoms with Crippen LogP contribution in [-0.4, -0.2) is 32.3 Å². The average Bonchev–Trinajstić information content (AvgIpc) is 2.76. The minimum Gasteiger partial charge on any atom is -0.334 e. The van der Waals surface area contributed by atoms with Gasteiger partial charge < -0.3 is 4.90 Å². The molecule has 6 heteroatoms. The molecule has 4 rings (SSSR count). The molecule has 0 saturated carbocycles. The maximum Gasteiger partial charge on any atom is 0.227 e. The minimum absolute atomic E-state index is 0.0400. The molecule has 0 aliphatic carbocycles. The Kier molecular flexibility index (Phi) is 5.60. The van der Waals surface area contributed by atoms with E-state index in [1.54, 1.807) is 24.5 Å². The number of hydrogen-bond donors (Lipinski definition) is 0. The van der Waals surface area contributed by atoms with E-state index in [4.69, 9.17) is 4.98 Å². The lowest BCUT2D eigenvalue weighted by molar-refractivity contribution is -0.134. The van der Waals surface area contributed by atoms with Crippen molar-refractivity contribution in [2.75, 3.05) is 6.54 Å². The number of halogens is 1. The number of piperidine rings is 1. The molecule has 2 aromatic heterocycles. The molecule has 1 unspecified atom stereocenters. The molecule has 3 aromatic rings. The first-order valence-corrected chi connectivity index (χ1v) is 9.89. The van der Waals surface area contributed by atoms with Gasteiger partial charge in [-0.05, 0) is 61.6 Å². The summed E-state index contributed by atoms with van der Waals surface area (Å²) in [6.45, 7) is 2.57. The van der Waals surface area contributed by atoms with Crippen molar-refractivity contribution in [2.45, 2.75) is 38.6 Å². The van der Waals surface area contributed by atoms with Crippen LogP contribution in [0.4, 0.5) is 4.39 Å². The van der Waals surface area contributed by atoms with Gasteiger partial charge in [0, 0.05) is 30.7 Å². The molecule has 1 aliphatic heterocycles. The fraction of sp³-hybridized carbons (Fsp3) is 0.304. The second kappa shape index (κ2) is 8.47. The van der Waals surface area contributed by atoms with Crippen molar-refractivity contribution in [1.82, 2.24) is 19.9 Å². The van der Waals surface area contributed by atoms with Crippen LogP contribution in [0.25, 0.3) is 11.1 Å². The summed E-state index contributed by atoms with van der Waals surface area (Å²) in [5.41, 5.74) is 3.63. The van der Waals surface area contributed by atoms with Crippen LogP contribution in [0.2, 0.25) is 0 Å². The summed E-state index contributed by atoms with van der Waals surface area (Å²) < 4.78 is 13.2. The van der Waals surface area contributed by atoms with Crippen LogP contribution in [0.15, 0.2) is 55.0 Å². The molecular weight excluding hydrogens is 367 g/mol. The van der Waals surface area contributed by atoms with Crippen molar-refractivity contribution in [2.24, 2.45) is 0 Å². The number of benzene rings is 1. The third-order valence-corrected chi connectivity index (χ3v) is 5.34. The summed E-state index contributed by atoms with van der Waals surface area (Å²) in [5, 5.41) is 0. The predicted molar refractivity (Wildman–Crippen MR) is 108 cm³/mol. The van der Waals surface area contributed by atoms with Crippen molar-refractivity contribution < 1.29 is 9.18 Å². The highest BCUT2D eigenvalue weighted by Crippen LogP contribution is 2.35. The Morgan fingerprint density at radius 1 is 1.14 bits per heavy atom. The quantitative estimate of drug-likeness (QED) is 0.667. The summed E-state index contributed by atoms with van der Waals surface area (Å²) in [4.78, 5) is 28.3. The smallest absolute Gasteiger partial charge is 0.227 e. The first-order valence-electron chi connectivity index (χ1n) is 9.89. The van der Waals surface area contributed by atoms with Crippen LogP contribution < -0.4 is 0 Å². The van der Waals surface area contributed by atoms with Crippen LogP contribution in [0.1, 0.15) is 42.4 Å². The summed E-state index contributed by atoms with van der Waals surface area (Å²) in [6.07, 6.45) is 8.47. The standard InChI is InChI=1S/C23H23FN4O/c1-16-26-15-20(18-9-11-25-12-10-18)23(27-16)21-4-2-3-13-28(21)22(29)14-17-5-7-19(24)8-6-17/h5-12,15,21H,2-4,13-14H2,1H3. The largest absolute Gasteiger partial charge is 0.334 e. The zero-order chi connectivity index (χ0) is 20.2. The van der Waals surface area contributed by atoms with Gasteiger partial charge >= 0.3 is 0 Å². The van der Waals surface area contributed by atoms with Crippen LogP contribution in [0, 0.1) is 12.7 Å². The van der Waals surface area contributed by atoms with Gasteiger partial charge in [0.2, 0.25) is 5.91 Å². The molecule has 0 radical (unpaired) electrons. The third-order valence-electron chi connectivity index (χ3n) is 5.34. The number of carbonyl (C=O) groups excluding carboxylic acids is 1. The lowest BCUT2D eigenvalue weighted by atomic mass is 9.93. The van der Waals surface area contributed by atoms with E-state index in [-0.39, 0.29) is 24.2 Å². The van der Waals surface area contributed by atoms with Gasteiger partial charge in [0.05, 0.1) is 18.2 Å². The lowest BCUT2D eigenvalue weighted by Crippen LogP contribution is -2.40. The first kappa shape index (κ1) is 19.2. The number of aromatic nitrogens is 3. The molecule has 1 aromatic carbocycles. The SMILES string of the molecule is Cc1ncc(-c2ccncc2)c(C2CCCCN2C(=O)Cc2ccc(F)cc2)n1. The van der Waals surface area contributed by atoms with Gasteiger partial charge in [-0.1, -0.05) is 12.1 Å². The Morgan fingerprint density at radius 2 is 1.90 bits per heavy atom. The van der Waals surface area contributed by atoms with Crippen LogP contribution >= 0.6 is 0 Å². The summed E-state index contributed by atoms with van der Waals surface area (Å²) in [6, 6.07) is 9.90. The van der Waals surface area contributed by atoms with Crippen molar-refractivity contribution in [1.29, 1.82) is 0 Å². The van der Waals surface area contributed by atoms with Gasteiger partial charge in [-0.3, -0.25) is 9.78 Å². The van der Waals surface area contributed by atoms with Crippen LogP contribution in [0.3, 0.4) is 0 Å². The van der Waals surface area contributed by atoms with E-state index < -0.39 is 0 Å². The molecule has 0 N–H and O–H groups in total. The van der Waals surface area contributed by atoms with Gasteiger partial charge in [-0.2, -0.15) is 0 Å². The molecule has 1 saturated heterocycles. The number of hydrogen-bond acceptors (Lipinski definition) is 4. The van der Waals surface area contributed by atoms with Crippen molar-refractivity contribution >= 4 is 5.91 Å². The molecular formula is C23H23FN4O. The Hall–Kier alpha value is -3.15. The Morgan fingerprint density at radius 3 is 2.66 bits per heavy atom. The Labute approximate surface area is 169 Å². The van der Waals surface area contributed by atoms with E-state index in [1.165, 1.54) is 12.1 Å². The van der Waals surface area contributed by atoms with E-state index >= 15 is 0 Å².